The van der Waals surface area contributed by atoms with Gasteiger partial charge in [0, 0.05) is 19.6 Å². The molecule has 0 radical (unpaired) electrons. The summed E-state index contributed by atoms with van der Waals surface area (Å²) in [6.07, 6.45) is 2.48. The van der Waals surface area contributed by atoms with E-state index in [1.165, 1.54) is 0 Å². The van der Waals surface area contributed by atoms with Gasteiger partial charge in [-0.15, -0.1) is 0 Å². The quantitative estimate of drug-likeness (QED) is 0.672. The number of rotatable bonds is 6. The van der Waals surface area contributed by atoms with Gasteiger partial charge in [0.25, 0.3) is 0 Å². The fourth-order valence-corrected chi connectivity index (χ4v) is 2.58. The minimum absolute atomic E-state index is 0.129. The van der Waals surface area contributed by atoms with Crippen molar-refractivity contribution < 1.29 is 9.90 Å². The summed E-state index contributed by atoms with van der Waals surface area (Å²) in [5.41, 5.74) is 6.76. The Labute approximate surface area is 126 Å². The first-order valence-electron chi connectivity index (χ1n) is 7.65. The molecule has 5 heteroatoms. The van der Waals surface area contributed by atoms with Crippen LogP contribution in [0.4, 0.5) is 0 Å². The van der Waals surface area contributed by atoms with Crippen LogP contribution in [-0.4, -0.2) is 48.2 Å². The van der Waals surface area contributed by atoms with Crippen LogP contribution in [0, 0.1) is 0 Å². The first-order valence-corrected chi connectivity index (χ1v) is 7.65. The molecule has 0 aliphatic carbocycles. The molecule has 4 N–H and O–H groups in total. The SMILES string of the molecule is NC(C(=O)NCCCN1CCC(O)CC1)c1ccccc1. The third-order valence-corrected chi connectivity index (χ3v) is 3.95. The maximum atomic E-state index is 12.0. The van der Waals surface area contributed by atoms with Gasteiger partial charge in [0.2, 0.25) is 5.91 Å². The summed E-state index contributed by atoms with van der Waals surface area (Å²) < 4.78 is 0. The largest absolute Gasteiger partial charge is 0.393 e. The molecule has 2 rings (SSSR count). The molecule has 116 valence electrons. The Bertz CT molecular complexity index is 430. The van der Waals surface area contributed by atoms with Gasteiger partial charge in [-0.25, -0.2) is 0 Å². The van der Waals surface area contributed by atoms with E-state index in [0.717, 1.165) is 44.5 Å². The van der Waals surface area contributed by atoms with Gasteiger partial charge < -0.3 is 21.1 Å². The number of nitrogens with zero attached hydrogens (tertiary/aromatic N) is 1. The fourth-order valence-electron chi connectivity index (χ4n) is 2.58. The molecule has 1 aromatic carbocycles. The number of nitrogens with two attached hydrogens (primary N) is 1. The van der Waals surface area contributed by atoms with Crippen LogP contribution in [0.1, 0.15) is 30.9 Å². The zero-order valence-corrected chi connectivity index (χ0v) is 12.4. The number of hydrogen-bond acceptors (Lipinski definition) is 4. The molecule has 5 nitrogen and oxygen atoms in total. The molecule has 1 saturated heterocycles. The number of amides is 1. The zero-order chi connectivity index (χ0) is 15.1. The summed E-state index contributed by atoms with van der Waals surface area (Å²) in [4.78, 5) is 14.3. The normalized spacial score (nSPS) is 18.4. The Morgan fingerprint density at radius 2 is 2.00 bits per heavy atom. The summed E-state index contributed by atoms with van der Waals surface area (Å²) in [7, 11) is 0. The number of aliphatic hydroxyl groups excluding tert-OH is 1. The Kier molecular flexibility index (Phi) is 6.17. The zero-order valence-electron chi connectivity index (χ0n) is 12.4. The van der Waals surface area contributed by atoms with Crippen LogP contribution in [0.15, 0.2) is 30.3 Å². The van der Waals surface area contributed by atoms with Crippen molar-refractivity contribution in [3.63, 3.8) is 0 Å². The smallest absolute Gasteiger partial charge is 0.241 e. The molecule has 1 fully saturated rings. The number of hydrogen-bond donors (Lipinski definition) is 3. The predicted octanol–water partition coefficient (Wildman–Crippen LogP) is 0.649. The van der Waals surface area contributed by atoms with Gasteiger partial charge in [0.15, 0.2) is 0 Å². The van der Waals surface area contributed by atoms with Crippen molar-refractivity contribution in [1.29, 1.82) is 0 Å². The molecule has 1 atom stereocenters. The Morgan fingerprint density at radius 3 is 2.67 bits per heavy atom. The van der Waals surface area contributed by atoms with Gasteiger partial charge in [-0.05, 0) is 31.4 Å². The highest BCUT2D eigenvalue weighted by atomic mass is 16.3. The second-order valence-electron chi connectivity index (χ2n) is 5.61. The van der Waals surface area contributed by atoms with Crippen LogP contribution in [0.2, 0.25) is 0 Å². The summed E-state index contributed by atoms with van der Waals surface area (Å²) in [6, 6.07) is 8.80. The van der Waals surface area contributed by atoms with Gasteiger partial charge in [-0.3, -0.25) is 4.79 Å². The molecule has 0 bridgehead atoms. The van der Waals surface area contributed by atoms with Crippen molar-refractivity contribution >= 4 is 5.91 Å². The lowest BCUT2D eigenvalue weighted by atomic mass is 10.1. The Hall–Kier alpha value is -1.43. The molecule has 1 heterocycles. The lowest BCUT2D eigenvalue weighted by Gasteiger charge is -2.29. The molecule has 1 unspecified atom stereocenters. The van der Waals surface area contributed by atoms with E-state index in [4.69, 9.17) is 5.73 Å². The molecule has 0 saturated carbocycles. The van der Waals surface area contributed by atoms with Gasteiger partial charge in [-0.2, -0.15) is 0 Å². The van der Waals surface area contributed by atoms with Gasteiger partial charge in [0.05, 0.1) is 6.10 Å². The van der Waals surface area contributed by atoms with Crippen LogP contribution in [0.3, 0.4) is 0 Å². The number of likely N-dealkylation sites (tertiary alicyclic amines) is 1. The maximum Gasteiger partial charge on any atom is 0.241 e. The topological polar surface area (TPSA) is 78.6 Å². The van der Waals surface area contributed by atoms with Gasteiger partial charge in [0.1, 0.15) is 6.04 Å². The van der Waals surface area contributed by atoms with Crippen LogP contribution in [0.5, 0.6) is 0 Å². The lowest BCUT2D eigenvalue weighted by Crippen LogP contribution is -2.39. The van der Waals surface area contributed by atoms with Crippen molar-refractivity contribution in [2.24, 2.45) is 5.73 Å². The van der Waals surface area contributed by atoms with Crippen LogP contribution >= 0.6 is 0 Å². The second kappa shape index (κ2) is 8.12. The van der Waals surface area contributed by atoms with Crippen molar-refractivity contribution in [3.05, 3.63) is 35.9 Å². The van der Waals surface area contributed by atoms with E-state index in [1.807, 2.05) is 30.3 Å². The minimum atomic E-state index is -0.601. The van der Waals surface area contributed by atoms with E-state index >= 15 is 0 Å². The summed E-state index contributed by atoms with van der Waals surface area (Å²) >= 11 is 0. The Balaban J connectivity index is 1.63. The predicted molar refractivity (Wildman–Crippen MR) is 82.7 cm³/mol. The van der Waals surface area contributed by atoms with Crippen LogP contribution in [0.25, 0.3) is 0 Å². The van der Waals surface area contributed by atoms with E-state index in [9.17, 15) is 9.90 Å². The van der Waals surface area contributed by atoms with E-state index in [0.29, 0.717) is 6.54 Å². The van der Waals surface area contributed by atoms with Crippen LogP contribution in [-0.2, 0) is 4.79 Å². The second-order valence-corrected chi connectivity index (χ2v) is 5.61. The third kappa shape index (κ3) is 5.12. The number of benzene rings is 1. The number of nitrogens with one attached hydrogen (secondary N) is 1. The molecular formula is C16H25N3O2. The van der Waals surface area contributed by atoms with E-state index in [2.05, 4.69) is 10.2 Å². The standard InChI is InChI=1S/C16H25N3O2/c17-15(13-5-2-1-3-6-13)16(21)18-9-4-10-19-11-7-14(20)8-12-19/h1-3,5-6,14-15,20H,4,7-12,17H2,(H,18,21). The molecule has 1 amide bonds. The molecule has 1 aromatic rings. The average molecular weight is 291 g/mol. The summed E-state index contributed by atoms with van der Waals surface area (Å²) in [5.74, 6) is -0.129. The number of carbonyl (C=O) groups is 1. The van der Waals surface area contributed by atoms with Gasteiger partial charge in [-0.1, -0.05) is 30.3 Å². The fraction of sp³-hybridized carbons (Fsp3) is 0.562. The van der Waals surface area contributed by atoms with Gasteiger partial charge >= 0.3 is 0 Å². The number of piperidine rings is 1. The first-order chi connectivity index (χ1) is 10.2. The van der Waals surface area contributed by atoms with Crippen molar-refractivity contribution in [1.82, 2.24) is 10.2 Å². The molecule has 1 aliphatic rings. The molecule has 0 spiro atoms. The van der Waals surface area contributed by atoms with E-state index < -0.39 is 6.04 Å². The molecule has 1 aliphatic heterocycles. The summed E-state index contributed by atoms with van der Waals surface area (Å²) in [6.45, 7) is 3.48. The number of aliphatic hydroxyl groups is 1. The van der Waals surface area contributed by atoms with E-state index in [-0.39, 0.29) is 12.0 Å². The maximum absolute atomic E-state index is 12.0. The van der Waals surface area contributed by atoms with Crippen molar-refractivity contribution in [2.75, 3.05) is 26.2 Å². The highest BCUT2D eigenvalue weighted by Gasteiger charge is 2.17. The monoisotopic (exact) mass is 291 g/mol. The average Bonchev–Trinajstić information content (AvgIpc) is 2.53. The lowest BCUT2D eigenvalue weighted by molar-refractivity contribution is -0.122. The minimum Gasteiger partial charge on any atom is -0.393 e. The molecule has 0 aromatic heterocycles. The third-order valence-electron chi connectivity index (χ3n) is 3.95. The molecular weight excluding hydrogens is 266 g/mol. The van der Waals surface area contributed by atoms with Crippen molar-refractivity contribution in [3.8, 4) is 0 Å². The van der Waals surface area contributed by atoms with Crippen molar-refractivity contribution in [2.45, 2.75) is 31.4 Å². The first kappa shape index (κ1) is 15.9. The summed E-state index contributed by atoms with van der Waals surface area (Å²) in [5, 5.41) is 12.3. The molecule has 21 heavy (non-hydrogen) atoms. The Morgan fingerprint density at radius 1 is 1.33 bits per heavy atom. The highest BCUT2D eigenvalue weighted by Crippen LogP contribution is 2.10. The van der Waals surface area contributed by atoms with E-state index in [1.54, 1.807) is 0 Å². The number of carbonyl (C=O) groups excluding carboxylic acids is 1. The van der Waals surface area contributed by atoms with Crippen LogP contribution < -0.4 is 11.1 Å². The highest BCUT2D eigenvalue weighted by molar-refractivity contribution is 5.82.